The number of nitrogens with two attached hydrogens (primary N) is 1. The van der Waals surface area contributed by atoms with E-state index in [-0.39, 0.29) is 24.2 Å². The van der Waals surface area contributed by atoms with Crippen molar-refractivity contribution in [3.63, 3.8) is 0 Å². The summed E-state index contributed by atoms with van der Waals surface area (Å²) in [5.41, 5.74) is 8.16. The van der Waals surface area contributed by atoms with Gasteiger partial charge < -0.3 is 20.9 Å². The summed E-state index contributed by atoms with van der Waals surface area (Å²) in [4.78, 5) is 26.6. The van der Waals surface area contributed by atoms with Gasteiger partial charge in [0.2, 0.25) is 11.8 Å². The Labute approximate surface area is 221 Å². The van der Waals surface area contributed by atoms with Gasteiger partial charge in [0.1, 0.15) is 11.8 Å². The summed E-state index contributed by atoms with van der Waals surface area (Å²) in [6.07, 6.45) is 1.26. The van der Waals surface area contributed by atoms with Gasteiger partial charge in [0.05, 0.1) is 6.04 Å². The van der Waals surface area contributed by atoms with Crippen molar-refractivity contribution >= 4 is 19.3 Å². The number of benzene rings is 2. The number of hydrogen-bond donors (Lipinski definition) is 4. The van der Waals surface area contributed by atoms with Gasteiger partial charge in [0.15, 0.2) is 0 Å². The van der Waals surface area contributed by atoms with Gasteiger partial charge in [-0.3, -0.25) is 14.2 Å². The van der Waals surface area contributed by atoms with E-state index in [0.717, 1.165) is 11.1 Å². The van der Waals surface area contributed by atoms with Gasteiger partial charge in [-0.25, -0.2) is 5.09 Å². The Kier molecular flexibility index (Phi) is 12.5. The van der Waals surface area contributed by atoms with Gasteiger partial charge in [0, 0.05) is 13.7 Å². The fourth-order valence-corrected chi connectivity index (χ4v) is 5.56. The highest BCUT2D eigenvalue weighted by Crippen LogP contribution is 2.46. The molecule has 5 atom stereocenters. The first kappa shape index (κ1) is 30.7. The molecule has 0 aliphatic carbocycles. The number of hydrogen-bond acceptors (Lipinski definition) is 5. The van der Waals surface area contributed by atoms with Crippen LogP contribution in [0.15, 0.2) is 60.7 Å². The van der Waals surface area contributed by atoms with Crippen LogP contribution < -0.4 is 21.5 Å². The minimum absolute atomic E-state index is 0.0944. The zero-order valence-corrected chi connectivity index (χ0v) is 23.5. The van der Waals surface area contributed by atoms with Crippen LogP contribution in [0.1, 0.15) is 45.2 Å². The first-order valence-electron chi connectivity index (χ1n) is 12.9. The average molecular weight is 531 g/mol. The molecule has 0 bridgehead atoms. The predicted molar refractivity (Wildman–Crippen MR) is 149 cm³/mol. The molecule has 0 aliphatic heterocycles. The maximum atomic E-state index is 13.9. The van der Waals surface area contributed by atoms with Gasteiger partial charge in [-0.15, -0.1) is 0 Å². The van der Waals surface area contributed by atoms with Crippen molar-refractivity contribution in [1.29, 1.82) is 0 Å². The van der Waals surface area contributed by atoms with E-state index < -0.39 is 31.3 Å². The quantitative estimate of drug-likeness (QED) is 0.260. The summed E-state index contributed by atoms with van der Waals surface area (Å²) in [5.74, 6) is -1.35. The zero-order valence-electron chi connectivity index (χ0n) is 22.6. The largest absolute Gasteiger partial charge is 0.354 e. The van der Waals surface area contributed by atoms with E-state index in [1.165, 1.54) is 7.11 Å². The molecule has 204 valence electrons. The van der Waals surface area contributed by atoms with Crippen LogP contribution in [-0.2, 0) is 31.5 Å². The molecule has 0 saturated heterocycles. The van der Waals surface area contributed by atoms with E-state index in [4.69, 9.17) is 10.3 Å². The molecule has 2 rings (SSSR count). The van der Waals surface area contributed by atoms with Crippen molar-refractivity contribution in [3.8, 4) is 0 Å². The van der Waals surface area contributed by atoms with Crippen LogP contribution in [0.4, 0.5) is 0 Å². The van der Waals surface area contributed by atoms with E-state index in [2.05, 4.69) is 15.7 Å². The third kappa shape index (κ3) is 9.71. The molecule has 5 N–H and O–H groups in total. The van der Waals surface area contributed by atoms with Crippen LogP contribution in [0.3, 0.4) is 0 Å². The molecule has 2 unspecified atom stereocenters. The monoisotopic (exact) mass is 530 g/mol. The molecule has 2 aromatic carbocycles. The molecule has 0 radical (unpaired) electrons. The highest BCUT2D eigenvalue weighted by molar-refractivity contribution is 7.57. The summed E-state index contributed by atoms with van der Waals surface area (Å²) in [5, 5.41) is 8.80. The highest BCUT2D eigenvalue weighted by atomic mass is 31.2. The second kappa shape index (κ2) is 15.0. The summed E-state index contributed by atoms with van der Waals surface area (Å²) >= 11 is 0. The van der Waals surface area contributed by atoms with Crippen molar-refractivity contribution in [1.82, 2.24) is 15.7 Å². The number of rotatable bonds is 15. The second-order valence-electron chi connectivity index (χ2n) is 9.92. The lowest BCUT2D eigenvalue weighted by atomic mass is 9.97. The van der Waals surface area contributed by atoms with Gasteiger partial charge in [0.25, 0.3) is 7.52 Å². The van der Waals surface area contributed by atoms with E-state index >= 15 is 0 Å². The first-order valence-corrected chi connectivity index (χ1v) is 14.6. The van der Waals surface area contributed by atoms with Crippen molar-refractivity contribution < 1.29 is 18.7 Å². The Hall–Kier alpha value is -2.51. The minimum Gasteiger partial charge on any atom is -0.354 e. The molecule has 0 heterocycles. The number of carbonyl (C=O) groups excluding carboxylic acids is 2. The fraction of sp³-hybridized carbons (Fsp3) is 0.500. The molecule has 37 heavy (non-hydrogen) atoms. The van der Waals surface area contributed by atoms with Gasteiger partial charge >= 0.3 is 0 Å². The molecule has 9 heteroatoms. The van der Waals surface area contributed by atoms with Crippen LogP contribution in [0.25, 0.3) is 0 Å². The standard InChI is InChI=1S/C28H43N4O4P/c1-6-21(4)26(28(34)30-19-20(2)3)31-27(33)24(17-22-13-9-7-10-14-22)32-37(35,36-5)25(29)18-23-15-11-8-12-16-23/h7-16,20-21,24-26H,6,17-19,29H2,1-5H3,(H,30,34)(H,31,33)(H,32,35)/t21-,24-,25?,26-,37?/m0/s1. The van der Waals surface area contributed by atoms with Crippen LogP contribution in [0, 0.1) is 11.8 Å². The van der Waals surface area contributed by atoms with Gasteiger partial charge in [-0.2, -0.15) is 0 Å². The normalized spacial score (nSPS) is 16.3. The minimum atomic E-state index is -3.66. The number of carbonyl (C=O) groups is 2. The Balaban J connectivity index is 2.29. The molecule has 0 spiro atoms. The van der Waals surface area contributed by atoms with E-state index in [1.807, 2.05) is 88.4 Å². The average Bonchev–Trinajstić information content (AvgIpc) is 2.90. The molecule has 2 aromatic rings. The zero-order chi connectivity index (χ0) is 27.4. The molecule has 0 aliphatic rings. The lowest BCUT2D eigenvalue weighted by Crippen LogP contribution is -2.56. The maximum absolute atomic E-state index is 13.9. The van der Waals surface area contributed by atoms with Crippen LogP contribution >= 0.6 is 7.52 Å². The molecule has 0 aromatic heterocycles. The second-order valence-corrected chi connectivity index (χ2v) is 12.4. The molecular formula is C28H43N4O4P. The molecule has 0 fully saturated rings. The molecule has 0 saturated carbocycles. The Bertz CT molecular complexity index is 1020. The molecular weight excluding hydrogens is 487 g/mol. The summed E-state index contributed by atoms with van der Waals surface area (Å²) in [6, 6.07) is 17.3. The lowest BCUT2D eigenvalue weighted by molar-refractivity contribution is -0.131. The van der Waals surface area contributed by atoms with Crippen LogP contribution in [0.2, 0.25) is 0 Å². The maximum Gasteiger partial charge on any atom is 0.286 e. The predicted octanol–water partition coefficient (Wildman–Crippen LogP) is 3.86. The summed E-state index contributed by atoms with van der Waals surface area (Å²) in [6.45, 7) is 8.44. The highest BCUT2D eigenvalue weighted by Gasteiger charge is 2.37. The molecule has 2 amide bonds. The Morgan fingerprint density at radius 2 is 1.46 bits per heavy atom. The summed E-state index contributed by atoms with van der Waals surface area (Å²) < 4.78 is 19.3. The summed E-state index contributed by atoms with van der Waals surface area (Å²) in [7, 11) is -2.33. The SMILES string of the molecule is CC[C@H](C)[C@H](NC(=O)[C@H](Cc1ccccc1)NP(=O)(OC)C(N)Cc1ccccc1)C(=O)NCC(C)C. The van der Waals surface area contributed by atoms with Crippen molar-refractivity contribution in [3.05, 3.63) is 71.8 Å². The third-order valence-electron chi connectivity index (χ3n) is 6.41. The van der Waals surface area contributed by atoms with Crippen molar-refractivity contribution in [2.45, 2.75) is 64.8 Å². The van der Waals surface area contributed by atoms with E-state index in [0.29, 0.717) is 19.4 Å². The molecule has 8 nitrogen and oxygen atoms in total. The smallest absolute Gasteiger partial charge is 0.286 e. The van der Waals surface area contributed by atoms with E-state index in [9.17, 15) is 14.2 Å². The topological polar surface area (TPSA) is 123 Å². The third-order valence-corrected chi connectivity index (χ3v) is 8.68. The first-order chi connectivity index (χ1) is 17.6. The van der Waals surface area contributed by atoms with Gasteiger partial charge in [-0.1, -0.05) is 94.8 Å². The number of nitrogens with one attached hydrogen (secondary N) is 3. The Morgan fingerprint density at radius 3 is 1.95 bits per heavy atom. The lowest BCUT2D eigenvalue weighted by Gasteiger charge is -2.30. The van der Waals surface area contributed by atoms with Gasteiger partial charge in [-0.05, 0) is 35.8 Å². The van der Waals surface area contributed by atoms with Crippen molar-refractivity contribution in [2.24, 2.45) is 17.6 Å². The van der Waals surface area contributed by atoms with Crippen LogP contribution in [0.5, 0.6) is 0 Å². The van der Waals surface area contributed by atoms with Crippen molar-refractivity contribution in [2.75, 3.05) is 13.7 Å². The van der Waals surface area contributed by atoms with Crippen LogP contribution in [-0.4, -0.2) is 43.3 Å². The number of amides is 2. The Morgan fingerprint density at radius 1 is 0.919 bits per heavy atom. The fourth-order valence-electron chi connectivity index (χ4n) is 3.89. The van der Waals surface area contributed by atoms with E-state index in [1.54, 1.807) is 0 Å².